The number of hydrogen-bond acceptors (Lipinski definition) is 2. The predicted molar refractivity (Wildman–Crippen MR) is 74.2 cm³/mol. The molecule has 3 aromatic rings. The first-order chi connectivity index (χ1) is 9.17. The monoisotopic (exact) mass is 255 g/mol. The number of rotatable bonds is 2. The van der Waals surface area contributed by atoms with Crippen LogP contribution in [0.5, 0.6) is 0 Å². The van der Waals surface area contributed by atoms with E-state index in [0.717, 1.165) is 16.5 Å². The van der Waals surface area contributed by atoms with E-state index in [2.05, 4.69) is 0 Å². The zero-order valence-electron chi connectivity index (χ0n) is 10.6. The average molecular weight is 255 g/mol. The van der Waals surface area contributed by atoms with Gasteiger partial charge in [-0.1, -0.05) is 23.8 Å². The van der Waals surface area contributed by atoms with Gasteiger partial charge in [-0.25, -0.2) is 4.39 Å². The van der Waals surface area contributed by atoms with Crippen molar-refractivity contribution in [1.82, 2.24) is 0 Å². The lowest BCUT2D eigenvalue weighted by molar-refractivity contribution is 0.606. The van der Waals surface area contributed by atoms with Gasteiger partial charge in [-0.05, 0) is 31.2 Å². The van der Waals surface area contributed by atoms with Gasteiger partial charge >= 0.3 is 0 Å². The molecule has 2 nitrogen and oxygen atoms in total. The molecule has 0 aliphatic rings. The van der Waals surface area contributed by atoms with Gasteiger partial charge in [-0.2, -0.15) is 0 Å². The van der Waals surface area contributed by atoms with E-state index in [-0.39, 0.29) is 12.4 Å². The highest BCUT2D eigenvalue weighted by Gasteiger charge is 2.09. The van der Waals surface area contributed by atoms with Crippen molar-refractivity contribution in [2.75, 3.05) is 0 Å². The first-order valence-corrected chi connectivity index (χ1v) is 6.16. The molecule has 0 radical (unpaired) electrons. The fraction of sp³-hybridized carbons (Fsp3) is 0.125. The predicted octanol–water partition coefficient (Wildman–Crippen LogP) is 4.01. The maximum Gasteiger partial charge on any atom is 0.135 e. The van der Waals surface area contributed by atoms with Gasteiger partial charge in [0.1, 0.15) is 17.2 Å². The van der Waals surface area contributed by atoms with E-state index in [1.54, 1.807) is 6.07 Å². The van der Waals surface area contributed by atoms with Crippen molar-refractivity contribution in [1.29, 1.82) is 0 Å². The SMILES string of the molecule is Cc1ccc2oc(-c3ccc(CN)c(F)c3)cc2c1. The molecule has 0 amide bonds. The van der Waals surface area contributed by atoms with Crippen LogP contribution in [0.25, 0.3) is 22.3 Å². The van der Waals surface area contributed by atoms with E-state index in [1.165, 1.54) is 11.6 Å². The van der Waals surface area contributed by atoms with Crippen molar-refractivity contribution in [3.05, 3.63) is 59.4 Å². The topological polar surface area (TPSA) is 39.2 Å². The van der Waals surface area contributed by atoms with Crippen molar-refractivity contribution < 1.29 is 8.81 Å². The lowest BCUT2D eigenvalue weighted by Crippen LogP contribution is -1.99. The maximum atomic E-state index is 13.7. The van der Waals surface area contributed by atoms with Crippen LogP contribution in [0, 0.1) is 12.7 Å². The molecule has 19 heavy (non-hydrogen) atoms. The Morgan fingerprint density at radius 2 is 1.95 bits per heavy atom. The van der Waals surface area contributed by atoms with Crippen LogP contribution in [0.3, 0.4) is 0 Å². The molecular weight excluding hydrogens is 241 g/mol. The third-order valence-electron chi connectivity index (χ3n) is 3.23. The normalized spacial score (nSPS) is 11.1. The fourth-order valence-corrected chi connectivity index (χ4v) is 2.17. The highest BCUT2D eigenvalue weighted by Crippen LogP contribution is 2.29. The number of benzene rings is 2. The molecule has 1 heterocycles. The highest BCUT2D eigenvalue weighted by molar-refractivity contribution is 5.83. The van der Waals surface area contributed by atoms with Crippen LogP contribution >= 0.6 is 0 Å². The van der Waals surface area contributed by atoms with E-state index in [0.29, 0.717) is 11.3 Å². The van der Waals surface area contributed by atoms with Gasteiger partial charge in [0.05, 0.1) is 0 Å². The van der Waals surface area contributed by atoms with Gasteiger partial charge < -0.3 is 10.2 Å². The molecule has 0 bridgehead atoms. The number of hydrogen-bond donors (Lipinski definition) is 1. The standard InChI is InChI=1S/C16H14FNO/c1-10-2-5-15-13(6-10)8-16(19-15)11-3-4-12(9-18)14(17)7-11/h2-8H,9,18H2,1H3. The summed E-state index contributed by atoms with van der Waals surface area (Å²) in [6.45, 7) is 2.23. The van der Waals surface area contributed by atoms with E-state index in [4.69, 9.17) is 10.2 Å². The van der Waals surface area contributed by atoms with Crippen LogP contribution < -0.4 is 5.73 Å². The van der Waals surface area contributed by atoms with Crippen LogP contribution in [0.4, 0.5) is 4.39 Å². The summed E-state index contributed by atoms with van der Waals surface area (Å²) in [7, 11) is 0. The van der Waals surface area contributed by atoms with Crippen molar-refractivity contribution in [3.63, 3.8) is 0 Å². The molecule has 1 aromatic heterocycles. The summed E-state index contributed by atoms with van der Waals surface area (Å²) in [5, 5.41) is 1.03. The van der Waals surface area contributed by atoms with Gasteiger partial charge in [0, 0.05) is 23.1 Å². The minimum Gasteiger partial charge on any atom is -0.456 e. The zero-order chi connectivity index (χ0) is 13.4. The Morgan fingerprint density at radius 3 is 2.68 bits per heavy atom. The second kappa shape index (κ2) is 4.52. The summed E-state index contributed by atoms with van der Waals surface area (Å²) in [5.41, 5.74) is 8.67. The minimum absolute atomic E-state index is 0.200. The van der Waals surface area contributed by atoms with E-state index in [9.17, 15) is 4.39 Å². The first kappa shape index (κ1) is 11.9. The van der Waals surface area contributed by atoms with Gasteiger partial charge in [0.25, 0.3) is 0 Å². The maximum absolute atomic E-state index is 13.7. The fourth-order valence-electron chi connectivity index (χ4n) is 2.17. The van der Waals surface area contributed by atoms with Crippen molar-refractivity contribution in [2.45, 2.75) is 13.5 Å². The lowest BCUT2D eigenvalue weighted by Gasteiger charge is -2.01. The van der Waals surface area contributed by atoms with Crippen LogP contribution in [-0.4, -0.2) is 0 Å². The van der Waals surface area contributed by atoms with E-state index < -0.39 is 0 Å². The Kier molecular flexibility index (Phi) is 2.84. The van der Waals surface area contributed by atoms with Gasteiger partial charge in [-0.3, -0.25) is 0 Å². The molecule has 2 N–H and O–H groups in total. The quantitative estimate of drug-likeness (QED) is 0.751. The third kappa shape index (κ3) is 2.13. The van der Waals surface area contributed by atoms with Crippen molar-refractivity contribution in [2.24, 2.45) is 5.73 Å². The smallest absolute Gasteiger partial charge is 0.135 e. The molecule has 0 saturated carbocycles. The third-order valence-corrected chi connectivity index (χ3v) is 3.23. The van der Waals surface area contributed by atoms with Crippen LogP contribution in [0.2, 0.25) is 0 Å². The molecule has 0 aliphatic carbocycles. The molecular formula is C16H14FNO. The molecule has 0 fully saturated rings. The molecule has 2 aromatic carbocycles. The molecule has 0 atom stereocenters. The molecule has 0 spiro atoms. The van der Waals surface area contributed by atoms with E-state index >= 15 is 0 Å². The van der Waals surface area contributed by atoms with Crippen LogP contribution in [0.15, 0.2) is 46.9 Å². The van der Waals surface area contributed by atoms with Gasteiger partial charge in [0.2, 0.25) is 0 Å². The molecule has 3 heteroatoms. The summed E-state index contributed by atoms with van der Waals surface area (Å²) < 4.78 is 19.5. The molecule has 0 aliphatic heterocycles. The highest BCUT2D eigenvalue weighted by atomic mass is 19.1. The zero-order valence-corrected chi connectivity index (χ0v) is 10.6. The van der Waals surface area contributed by atoms with Crippen LogP contribution in [-0.2, 0) is 6.54 Å². The molecule has 96 valence electrons. The number of fused-ring (bicyclic) bond motifs is 1. The van der Waals surface area contributed by atoms with E-state index in [1.807, 2.05) is 37.3 Å². The first-order valence-electron chi connectivity index (χ1n) is 6.16. The average Bonchev–Trinajstić information content (AvgIpc) is 2.81. The Bertz CT molecular complexity index is 746. The summed E-state index contributed by atoms with van der Waals surface area (Å²) in [6, 6.07) is 12.9. The minimum atomic E-state index is -0.295. The number of halogens is 1. The summed E-state index contributed by atoms with van der Waals surface area (Å²) >= 11 is 0. The summed E-state index contributed by atoms with van der Waals surface area (Å²) in [6.07, 6.45) is 0. The van der Waals surface area contributed by atoms with Crippen LogP contribution in [0.1, 0.15) is 11.1 Å². The Labute approximate surface area is 110 Å². The number of aryl methyl sites for hydroxylation is 1. The largest absolute Gasteiger partial charge is 0.456 e. The molecule has 0 unspecified atom stereocenters. The van der Waals surface area contributed by atoms with Crippen molar-refractivity contribution in [3.8, 4) is 11.3 Å². The van der Waals surface area contributed by atoms with Crippen molar-refractivity contribution >= 4 is 11.0 Å². The number of furan rings is 1. The lowest BCUT2D eigenvalue weighted by atomic mass is 10.1. The second-order valence-electron chi connectivity index (χ2n) is 4.66. The summed E-state index contributed by atoms with van der Waals surface area (Å²) in [4.78, 5) is 0. The molecule has 0 saturated heterocycles. The Hall–Kier alpha value is -2.13. The number of nitrogens with two attached hydrogens (primary N) is 1. The Morgan fingerprint density at radius 1 is 1.11 bits per heavy atom. The Balaban J connectivity index is 2.11. The molecule has 3 rings (SSSR count). The summed E-state index contributed by atoms with van der Waals surface area (Å²) in [5.74, 6) is 0.375. The van der Waals surface area contributed by atoms with Gasteiger partial charge in [-0.15, -0.1) is 0 Å². The second-order valence-corrected chi connectivity index (χ2v) is 4.66. The van der Waals surface area contributed by atoms with Gasteiger partial charge in [0.15, 0.2) is 0 Å².